The second-order valence-electron chi connectivity index (χ2n) is 4.68. The average Bonchev–Trinajstić information content (AvgIpc) is 2.58. The Hall–Kier alpha value is -1.31. The van der Waals surface area contributed by atoms with Crippen LogP contribution in [0.2, 0.25) is 5.02 Å². The SMILES string of the molecule is Cc1cc(Cl)c(N)cc1S(=O)(=O)N1CCCNC(=O)C1. The molecule has 110 valence electrons. The molecule has 0 bridgehead atoms. The zero-order valence-corrected chi connectivity index (χ0v) is 12.6. The molecule has 1 fully saturated rings. The molecule has 8 heteroatoms. The van der Waals surface area contributed by atoms with Gasteiger partial charge in [0.2, 0.25) is 15.9 Å². The highest BCUT2D eigenvalue weighted by molar-refractivity contribution is 7.89. The molecule has 6 nitrogen and oxygen atoms in total. The highest BCUT2D eigenvalue weighted by Gasteiger charge is 2.29. The molecule has 1 saturated heterocycles. The van der Waals surface area contributed by atoms with Gasteiger partial charge in [0.15, 0.2) is 0 Å². The van der Waals surface area contributed by atoms with Gasteiger partial charge in [-0.3, -0.25) is 4.79 Å². The van der Waals surface area contributed by atoms with Gasteiger partial charge in [-0.05, 0) is 31.0 Å². The molecule has 0 unspecified atom stereocenters. The summed E-state index contributed by atoms with van der Waals surface area (Å²) in [5.74, 6) is -0.300. The van der Waals surface area contributed by atoms with Crippen molar-refractivity contribution in [2.75, 3.05) is 25.4 Å². The van der Waals surface area contributed by atoms with Crippen LogP contribution in [0.15, 0.2) is 17.0 Å². The second-order valence-corrected chi connectivity index (χ2v) is 6.99. The number of rotatable bonds is 2. The minimum atomic E-state index is -3.75. The second kappa shape index (κ2) is 5.59. The Morgan fingerprint density at radius 1 is 1.40 bits per heavy atom. The van der Waals surface area contributed by atoms with E-state index in [2.05, 4.69) is 5.32 Å². The van der Waals surface area contributed by atoms with Crippen LogP contribution in [0.3, 0.4) is 0 Å². The van der Waals surface area contributed by atoms with E-state index in [9.17, 15) is 13.2 Å². The number of sulfonamides is 1. The van der Waals surface area contributed by atoms with Crippen molar-refractivity contribution in [3.05, 3.63) is 22.7 Å². The molecular weight excluding hydrogens is 302 g/mol. The van der Waals surface area contributed by atoms with Crippen LogP contribution in [-0.4, -0.2) is 38.3 Å². The summed E-state index contributed by atoms with van der Waals surface area (Å²) < 4.78 is 26.4. The molecule has 0 aromatic heterocycles. The van der Waals surface area contributed by atoms with Gasteiger partial charge >= 0.3 is 0 Å². The highest BCUT2D eigenvalue weighted by Crippen LogP contribution is 2.28. The summed E-state index contributed by atoms with van der Waals surface area (Å²) in [4.78, 5) is 11.6. The summed E-state index contributed by atoms with van der Waals surface area (Å²) in [7, 11) is -3.75. The Morgan fingerprint density at radius 2 is 2.10 bits per heavy atom. The van der Waals surface area contributed by atoms with Gasteiger partial charge in [-0.15, -0.1) is 0 Å². The summed E-state index contributed by atoms with van der Waals surface area (Å²) in [6.45, 7) is 2.25. The molecule has 1 heterocycles. The maximum absolute atomic E-state index is 12.6. The van der Waals surface area contributed by atoms with E-state index in [1.54, 1.807) is 6.92 Å². The minimum Gasteiger partial charge on any atom is -0.397 e. The van der Waals surface area contributed by atoms with Gasteiger partial charge in [0.1, 0.15) is 0 Å². The summed E-state index contributed by atoms with van der Waals surface area (Å²) in [5, 5.41) is 2.96. The fraction of sp³-hybridized carbons (Fsp3) is 0.417. The molecule has 0 spiro atoms. The smallest absolute Gasteiger partial charge is 0.243 e. The zero-order chi connectivity index (χ0) is 14.9. The molecule has 1 amide bonds. The highest BCUT2D eigenvalue weighted by atomic mass is 35.5. The van der Waals surface area contributed by atoms with Crippen LogP contribution in [0.4, 0.5) is 5.69 Å². The van der Waals surface area contributed by atoms with Gasteiger partial charge in [0.25, 0.3) is 0 Å². The third-order valence-electron chi connectivity index (χ3n) is 3.14. The first-order valence-electron chi connectivity index (χ1n) is 6.15. The number of nitrogen functional groups attached to an aromatic ring is 1. The number of nitrogens with two attached hydrogens (primary N) is 1. The Balaban J connectivity index is 2.44. The Morgan fingerprint density at radius 3 is 2.80 bits per heavy atom. The van der Waals surface area contributed by atoms with Crippen molar-refractivity contribution >= 4 is 33.2 Å². The molecule has 0 saturated carbocycles. The van der Waals surface area contributed by atoms with Crippen molar-refractivity contribution in [2.45, 2.75) is 18.2 Å². The number of carbonyl (C=O) groups is 1. The maximum Gasteiger partial charge on any atom is 0.243 e. The van der Waals surface area contributed by atoms with Gasteiger partial charge in [-0.2, -0.15) is 4.31 Å². The van der Waals surface area contributed by atoms with Crippen LogP contribution < -0.4 is 11.1 Å². The van der Waals surface area contributed by atoms with Crippen molar-refractivity contribution in [1.82, 2.24) is 9.62 Å². The molecule has 1 aliphatic rings. The molecule has 20 heavy (non-hydrogen) atoms. The fourth-order valence-electron chi connectivity index (χ4n) is 2.07. The number of carbonyl (C=O) groups excluding carboxylic acids is 1. The molecule has 3 N–H and O–H groups in total. The monoisotopic (exact) mass is 317 g/mol. The summed E-state index contributed by atoms with van der Waals surface area (Å²) in [6.07, 6.45) is 0.576. The predicted molar refractivity (Wildman–Crippen MR) is 77.0 cm³/mol. The van der Waals surface area contributed by atoms with E-state index >= 15 is 0 Å². The van der Waals surface area contributed by atoms with E-state index in [-0.39, 0.29) is 23.0 Å². The van der Waals surface area contributed by atoms with E-state index in [0.717, 1.165) is 0 Å². The first-order chi connectivity index (χ1) is 9.32. The van der Waals surface area contributed by atoms with E-state index in [1.807, 2.05) is 0 Å². The molecule has 0 aliphatic carbocycles. The van der Waals surface area contributed by atoms with Crippen LogP contribution >= 0.6 is 11.6 Å². The normalized spacial score (nSPS) is 17.6. The number of nitrogens with zero attached hydrogens (tertiary/aromatic N) is 1. The number of hydrogen-bond donors (Lipinski definition) is 2. The van der Waals surface area contributed by atoms with Gasteiger partial charge < -0.3 is 11.1 Å². The van der Waals surface area contributed by atoms with Gasteiger partial charge in [0.05, 0.1) is 22.2 Å². The molecule has 1 aromatic rings. The predicted octanol–water partition coefficient (Wildman–Crippen LogP) is 0.741. The topological polar surface area (TPSA) is 92.5 Å². The van der Waals surface area contributed by atoms with Crippen LogP contribution in [0.1, 0.15) is 12.0 Å². The lowest BCUT2D eigenvalue weighted by Gasteiger charge is -2.20. The molecule has 1 aromatic carbocycles. The van der Waals surface area contributed by atoms with Crippen molar-refractivity contribution in [1.29, 1.82) is 0 Å². The lowest BCUT2D eigenvalue weighted by Crippen LogP contribution is -2.37. The van der Waals surface area contributed by atoms with Crippen LogP contribution in [0, 0.1) is 6.92 Å². The summed E-state index contributed by atoms with van der Waals surface area (Å²) in [6, 6.07) is 2.86. The third-order valence-corrected chi connectivity index (χ3v) is 5.45. The quantitative estimate of drug-likeness (QED) is 0.787. The standard InChI is InChI=1S/C12H16ClN3O3S/c1-8-5-9(13)10(14)6-11(8)20(18,19)16-4-2-3-15-12(17)7-16/h5-6H,2-4,7,14H2,1H3,(H,15,17). The molecule has 0 radical (unpaired) electrons. The number of halogens is 1. The summed E-state index contributed by atoms with van der Waals surface area (Å²) >= 11 is 5.87. The van der Waals surface area contributed by atoms with Crippen molar-refractivity contribution in [2.24, 2.45) is 0 Å². The van der Waals surface area contributed by atoms with Crippen LogP contribution in [-0.2, 0) is 14.8 Å². The van der Waals surface area contributed by atoms with Crippen molar-refractivity contribution < 1.29 is 13.2 Å². The van der Waals surface area contributed by atoms with E-state index in [4.69, 9.17) is 17.3 Å². The fourth-order valence-corrected chi connectivity index (χ4v) is 3.96. The lowest BCUT2D eigenvalue weighted by atomic mass is 10.2. The van der Waals surface area contributed by atoms with Crippen LogP contribution in [0.25, 0.3) is 0 Å². The molecular formula is C12H16ClN3O3S. The number of nitrogens with one attached hydrogen (secondary N) is 1. The van der Waals surface area contributed by atoms with E-state index in [0.29, 0.717) is 30.1 Å². The van der Waals surface area contributed by atoms with E-state index in [1.165, 1.54) is 16.4 Å². The Bertz CT molecular complexity index is 646. The van der Waals surface area contributed by atoms with Gasteiger partial charge in [-0.25, -0.2) is 8.42 Å². The third kappa shape index (κ3) is 2.89. The molecule has 1 aliphatic heterocycles. The van der Waals surface area contributed by atoms with Crippen molar-refractivity contribution in [3.63, 3.8) is 0 Å². The molecule has 0 atom stereocenters. The Kier molecular flexibility index (Phi) is 4.22. The maximum atomic E-state index is 12.6. The lowest BCUT2D eigenvalue weighted by molar-refractivity contribution is -0.120. The number of benzene rings is 1. The average molecular weight is 318 g/mol. The Labute approximate surface area is 122 Å². The van der Waals surface area contributed by atoms with Crippen LogP contribution in [0.5, 0.6) is 0 Å². The van der Waals surface area contributed by atoms with E-state index < -0.39 is 10.0 Å². The van der Waals surface area contributed by atoms with Crippen molar-refractivity contribution in [3.8, 4) is 0 Å². The minimum absolute atomic E-state index is 0.0918. The molecule has 2 rings (SSSR count). The largest absolute Gasteiger partial charge is 0.397 e. The number of anilines is 1. The number of hydrogen-bond acceptors (Lipinski definition) is 4. The number of aryl methyl sites for hydroxylation is 1. The van der Waals surface area contributed by atoms with Gasteiger partial charge in [-0.1, -0.05) is 11.6 Å². The first-order valence-corrected chi connectivity index (χ1v) is 7.96. The first kappa shape index (κ1) is 15.1. The summed E-state index contributed by atoms with van der Waals surface area (Å²) in [5.41, 5.74) is 6.39. The zero-order valence-electron chi connectivity index (χ0n) is 11.0. The number of amides is 1. The van der Waals surface area contributed by atoms with Gasteiger partial charge in [0, 0.05) is 13.1 Å².